The number of anilines is 1. The molecule has 1 rings (SSSR count). The molecule has 0 aliphatic carbocycles. The van der Waals surface area contributed by atoms with Crippen LogP contribution >= 0.6 is 15.9 Å². The third kappa shape index (κ3) is 2.82. The highest BCUT2D eigenvalue weighted by Crippen LogP contribution is 2.27. The monoisotopic (exact) mass is 277 g/mol. The number of hydrogen-bond donors (Lipinski definition) is 1. The van der Waals surface area contributed by atoms with E-state index in [1.165, 1.54) is 0 Å². The number of nitrogens with zero attached hydrogens (tertiary/aromatic N) is 2. The van der Waals surface area contributed by atoms with Crippen LogP contribution in [0.2, 0.25) is 0 Å². The van der Waals surface area contributed by atoms with E-state index >= 15 is 0 Å². The predicted molar refractivity (Wildman–Crippen MR) is 62.5 cm³/mol. The standard InChI is InChI=1S/C11H8BrN3O/c1-7-4-8(6-14)5-9(12)11(7)15-10(16)2-3-13/h4-5H,2H2,1H3,(H,15,16). The van der Waals surface area contributed by atoms with Gasteiger partial charge in [0.2, 0.25) is 5.91 Å². The molecule has 0 unspecified atom stereocenters. The molecule has 0 radical (unpaired) electrons. The number of carbonyl (C=O) groups excluding carboxylic acids is 1. The SMILES string of the molecule is Cc1cc(C#N)cc(Br)c1NC(=O)CC#N. The first kappa shape index (κ1) is 12.2. The number of amides is 1. The summed E-state index contributed by atoms with van der Waals surface area (Å²) in [5, 5.41) is 19.7. The van der Waals surface area contributed by atoms with E-state index in [4.69, 9.17) is 10.5 Å². The second-order valence-electron chi connectivity index (χ2n) is 3.14. The van der Waals surface area contributed by atoms with E-state index in [1.807, 2.05) is 6.07 Å². The Balaban J connectivity index is 3.03. The van der Waals surface area contributed by atoms with Crippen LogP contribution in [0.3, 0.4) is 0 Å². The molecular formula is C11H8BrN3O. The Morgan fingerprint density at radius 1 is 1.50 bits per heavy atom. The molecule has 0 aliphatic rings. The number of nitriles is 2. The molecule has 1 aromatic rings. The second-order valence-corrected chi connectivity index (χ2v) is 4.00. The summed E-state index contributed by atoms with van der Waals surface area (Å²) in [6, 6.07) is 7.08. The van der Waals surface area contributed by atoms with Crippen molar-refractivity contribution in [1.29, 1.82) is 10.5 Å². The molecule has 16 heavy (non-hydrogen) atoms. The van der Waals surface area contributed by atoms with Gasteiger partial charge in [0.25, 0.3) is 0 Å². The lowest BCUT2D eigenvalue weighted by molar-refractivity contribution is -0.115. The van der Waals surface area contributed by atoms with E-state index < -0.39 is 0 Å². The van der Waals surface area contributed by atoms with Crippen molar-refractivity contribution in [3.63, 3.8) is 0 Å². The normalized spacial score (nSPS) is 9.00. The zero-order valence-corrected chi connectivity index (χ0v) is 10.1. The van der Waals surface area contributed by atoms with Gasteiger partial charge in [-0.3, -0.25) is 4.79 Å². The Hall–Kier alpha value is -1.85. The molecule has 4 nitrogen and oxygen atoms in total. The fourth-order valence-corrected chi connectivity index (χ4v) is 1.88. The van der Waals surface area contributed by atoms with Crippen molar-refractivity contribution in [2.24, 2.45) is 0 Å². The summed E-state index contributed by atoms with van der Waals surface area (Å²) in [4.78, 5) is 11.3. The Labute approximate surface area is 102 Å². The lowest BCUT2D eigenvalue weighted by Crippen LogP contribution is -2.11. The van der Waals surface area contributed by atoms with E-state index in [2.05, 4.69) is 21.2 Å². The third-order valence-electron chi connectivity index (χ3n) is 1.92. The number of carbonyl (C=O) groups is 1. The molecule has 0 spiro atoms. The molecular weight excluding hydrogens is 270 g/mol. The molecule has 0 aromatic heterocycles. The van der Waals surface area contributed by atoms with Crippen molar-refractivity contribution in [1.82, 2.24) is 0 Å². The third-order valence-corrected chi connectivity index (χ3v) is 2.55. The van der Waals surface area contributed by atoms with Crippen molar-refractivity contribution in [2.45, 2.75) is 13.3 Å². The molecule has 0 aliphatic heterocycles. The number of halogens is 1. The average molecular weight is 278 g/mol. The van der Waals surface area contributed by atoms with Crippen molar-refractivity contribution < 1.29 is 4.79 Å². The van der Waals surface area contributed by atoms with Crippen LogP contribution in [0.15, 0.2) is 16.6 Å². The molecule has 0 atom stereocenters. The molecule has 0 saturated carbocycles. The molecule has 0 fully saturated rings. The van der Waals surface area contributed by atoms with E-state index in [-0.39, 0.29) is 12.3 Å². The molecule has 0 heterocycles. The molecule has 1 aromatic carbocycles. The Morgan fingerprint density at radius 2 is 2.19 bits per heavy atom. The summed E-state index contributed by atoms with van der Waals surface area (Å²) in [6.07, 6.45) is -0.189. The van der Waals surface area contributed by atoms with Crippen LogP contribution in [0.25, 0.3) is 0 Å². The van der Waals surface area contributed by atoms with E-state index in [1.54, 1.807) is 25.1 Å². The van der Waals surface area contributed by atoms with Gasteiger partial charge < -0.3 is 5.32 Å². The first-order valence-electron chi connectivity index (χ1n) is 4.45. The van der Waals surface area contributed by atoms with Gasteiger partial charge in [0.15, 0.2) is 0 Å². The van der Waals surface area contributed by atoms with Crippen molar-refractivity contribution in [3.05, 3.63) is 27.7 Å². The van der Waals surface area contributed by atoms with E-state index in [0.717, 1.165) is 5.56 Å². The van der Waals surface area contributed by atoms with Crippen molar-refractivity contribution in [3.8, 4) is 12.1 Å². The van der Waals surface area contributed by atoms with Crippen molar-refractivity contribution >= 4 is 27.5 Å². The summed E-state index contributed by atoms with van der Waals surface area (Å²) < 4.78 is 0.635. The van der Waals surface area contributed by atoms with E-state index in [9.17, 15) is 4.79 Å². The smallest absolute Gasteiger partial charge is 0.238 e. The van der Waals surface area contributed by atoms with E-state index in [0.29, 0.717) is 15.7 Å². The van der Waals surface area contributed by atoms with Crippen molar-refractivity contribution in [2.75, 3.05) is 5.32 Å². The quantitative estimate of drug-likeness (QED) is 0.902. The van der Waals surface area contributed by atoms with Crippen LogP contribution in [0.1, 0.15) is 17.5 Å². The molecule has 5 heteroatoms. The zero-order chi connectivity index (χ0) is 12.1. The second kappa shape index (κ2) is 5.29. The number of benzene rings is 1. The van der Waals surface area contributed by atoms with Crippen LogP contribution < -0.4 is 5.32 Å². The van der Waals surface area contributed by atoms with Gasteiger partial charge in [-0.15, -0.1) is 0 Å². The summed E-state index contributed by atoms with van der Waals surface area (Å²) >= 11 is 3.27. The molecule has 80 valence electrons. The largest absolute Gasteiger partial charge is 0.324 e. The maximum atomic E-state index is 11.3. The summed E-state index contributed by atoms with van der Waals surface area (Å²) in [5.74, 6) is -0.365. The van der Waals surface area contributed by atoms with Gasteiger partial charge in [-0.1, -0.05) is 0 Å². The highest BCUT2D eigenvalue weighted by Gasteiger charge is 2.09. The maximum absolute atomic E-state index is 11.3. The van der Waals surface area contributed by atoms with Crippen LogP contribution in [0, 0.1) is 29.6 Å². The Bertz CT molecular complexity index is 488. The average Bonchev–Trinajstić information content (AvgIpc) is 2.23. The van der Waals surface area contributed by atoms with Gasteiger partial charge in [-0.05, 0) is 40.5 Å². The fourth-order valence-electron chi connectivity index (χ4n) is 1.22. The molecule has 1 N–H and O–H groups in total. The number of rotatable bonds is 2. The van der Waals surface area contributed by atoms with Gasteiger partial charge in [-0.25, -0.2) is 0 Å². The lowest BCUT2D eigenvalue weighted by atomic mass is 10.1. The molecule has 0 saturated heterocycles. The zero-order valence-electron chi connectivity index (χ0n) is 8.54. The van der Waals surface area contributed by atoms with Crippen LogP contribution in [0.4, 0.5) is 5.69 Å². The minimum Gasteiger partial charge on any atom is -0.324 e. The molecule has 0 bridgehead atoms. The predicted octanol–water partition coefficient (Wildman–Crippen LogP) is 2.48. The Morgan fingerprint density at radius 3 is 2.69 bits per heavy atom. The minimum atomic E-state index is -0.365. The highest BCUT2D eigenvalue weighted by molar-refractivity contribution is 9.10. The summed E-state index contributed by atoms with van der Waals surface area (Å²) in [7, 11) is 0. The first-order chi connectivity index (χ1) is 7.58. The Kier molecular flexibility index (Phi) is 4.04. The first-order valence-corrected chi connectivity index (χ1v) is 5.25. The van der Waals surface area contributed by atoms with Gasteiger partial charge >= 0.3 is 0 Å². The fraction of sp³-hybridized carbons (Fsp3) is 0.182. The number of hydrogen-bond acceptors (Lipinski definition) is 3. The van der Waals surface area contributed by atoms with Gasteiger partial charge in [0, 0.05) is 4.47 Å². The lowest BCUT2D eigenvalue weighted by Gasteiger charge is -2.09. The number of nitrogens with one attached hydrogen (secondary N) is 1. The summed E-state index contributed by atoms with van der Waals surface area (Å²) in [6.45, 7) is 1.79. The van der Waals surface area contributed by atoms with Gasteiger partial charge in [0.1, 0.15) is 6.42 Å². The van der Waals surface area contributed by atoms with Crippen LogP contribution in [-0.4, -0.2) is 5.91 Å². The minimum absolute atomic E-state index is 0.189. The highest BCUT2D eigenvalue weighted by atomic mass is 79.9. The topological polar surface area (TPSA) is 76.7 Å². The summed E-state index contributed by atoms with van der Waals surface area (Å²) in [5.41, 5.74) is 1.89. The van der Waals surface area contributed by atoms with Gasteiger partial charge in [0.05, 0.1) is 23.4 Å². The van der Waals surface area contributed by atoms with Gasteiger partial charge in [-0.2, -0.15) is 10.5 Å². The number of aryl methyl sites for hydroxylation is 1. The van der Waals surface area contributed by atoms with Crippen LogP contribution in [0.5, 0.6) is 0 Å². The maximum Gasteiger partial charge on any atom is 0.238 e. The van der Waals surface area contributed by atoms with Crippen LogP contribution in [-0.2, 0) is 4.79 Å². The molecule has 1 amide bonds.